The molecule has 0 aromatic heterocycles. The zero-order valence-corrected chi connectivity index (χ0v) is 17.2. The Balaban J connectivity index is 1.92. The highest BCUT2D eigenvalue weighted by atomic mass is 35.5. The van der Waals surface area contributed by atoms with Crippen molar-refractivity contribution in [3.05, 3.63) is 58.6 Å². The summed E-state index contributed by atoms with van der Waals surface area (Å²) in [6.07, 6.45) is 0. The molecule has 1 aliphatic heterocycles. The van der Waals surface area contributed by atoms with Crippen molar-refractivity contribution in [3.8, 4) is 0 Å². The number of carbonyl (C=O) groups excluding carboxylic acids is 3. The van der Waals surface area contributed by atoms with E-state index in [4.69, 9.17) is 17.3 Å². The molecule has 0 saturated carbocycles. The maximum Gasteiger partial charge on any atom is 0.255 e. The number of rotatable bonds is 4. The quantitative estimate of drug-likeness (QED) is 0.762. The van der Waals surface area contributed by atoms with E-state index in [9.17, 15) is 22.8 Å². The van der Waals surface area contributed by atoms with Crippen LogP contribution in [0, 0.1) is 5.41 Å². The summed E-state index contributed by atoms with van der Waals surface area (Å²) < 4.78 is 25.7. The Kier molecular flexibility index (Phi) is 5.14. The molecular weight excluding hydrogens is 418 g/mol. The lowest BCUT2D eigenvalue weighted by molar-refractivity contribution is -0.123. The lowest BCUT2D eigenvalue weighted by Crippen LogP contribution is -2.33. The number of amides is 3. The molecule has 0 atom stereocenters. The van der Waals surface area contributed by atoms with Gasteiger partial charge in [-0.1, -0.05) is 11.6 Å². The van der Waals surface area contributed by atoms with E-state index < -0.39 is 33.2 Å². The third kappa shape index (κ3) is 3.96. The molecule has 0 radical (unpaired) electrons. The normalized spacial score (nSPS) is 17.2. The predicted molar refractivity (Wildman–Crippen MR) is 109 cm³/mol. The minimum Gasteiger partial charge on any atom is -0.366 e. The molecule has 0 unspecified atom stereocenters. The molecule has 1 saturated heterocycles. The summed E-state index contributed by atoms with van der Waals surface area (Å²) in [6, 6.07) is 9.96. The van der Waals surface area contributed by atoms with E-state index in [1.165, 1.54) is 56.3 Å². The molecule has 2 aromatic carbocycles. The number of sulfonamides is 1. The van der Waals surface area contributed by atoms with Crippen molar-refractivity contribution in [3.63, 3.8) is 0 Å². The first-order chi connectivity index (χ1) is 13.4. The molecule has 3 rings (SSSR count). The average Bonchev–Trinajstić information content (AvgIpc) is 2.79. The second kappa shape index (κ2) is 7.16. The van der Waals surface area contributed by atoms with E-state index in [0.29, 0.717) is 9.99 Å². The molecule has 3 amide bonds. The Morgan fingerprint density at radius 1 is 1.10 bits per heavy atom. The van der Waals surface area contributed by atoms with Crippen LogP contribution in [-0.4, -0.2) is 31.9 Å². The van der Waals surface area contributed by atoms with Crippen molar-refractivity contribution in [1.29, 1.82) is 0 Å². The fourth-order valence-corrected chi connectivity index (χ4v) is 5.34. The summed E-state index contributed by atoms with van der Waals surface area (Å²) in [4.78, 5) is 36.3. The highest BCUT2D eigenvalue weighted by molar-refractivity contribution is 7.94. The van der Waals surface area contributed by atoms with Crippen molar-refractivity contribution in [2.45, 2.75) is 13.8 Å². The van der Waals surface area contributed by atoms with Crippen LogP contribution >= 0.6 is 11.6 Å². The smallest absolute Gasteiger partial charge is 0.255 e. The molecule has 8 nitrogen and oxygen atoms in total. The van der Waals surface area contributed by atoms with Crippen LogP contribution in [0.5, 0.6) is 0 Å². The van der Waals surface area contributed by atoms with Gasteiger partial charge in [0.1, 0.15) is 0 Å². The van der Waals surface area contributed by atoms with Crippen molar-refractivity contribution in [2.24, 2.45) is 11.1 Å². The number of nitrogens with two attached hydrogens (primary N) is 1. The van der Waals surface area contributed by atoms with Crippen molar-refractivity contribution < 1.29 is 22.8 Å². The number of benzene rings is 2. The number of carbonyl (C=O) groups is 3. The molecule has 152 valence electrons. The number of nitrogens with one attached hydrogen (secondary N) is 1. The number of hydrogen-bond acceptors (Lipinski definition) is 5. The number of primary amides is 1. The van der Waals surface area contributed by atoms with Gasteiger partial charge < -0.3 is 11.1 Å². The topological polar surface area (TPSA) is 127 Å². The average molecular weight is 436 g/mol. The SMILES string of the molecule is CC1(C)CS(=O)(=O)N(c2cc(C(=O)Nc3ccc(C(N)=O)cc3)ccc2Cl)C1=O. The van der Waals surface area contributed by atoms with Gasteiger partial charge in [-0.2, -0.15) is 0 Å². The zero-order chi connectivity index (χ0) is 21.6. The van der Waals surface area contributed by atoms with Crippen LogP contribution in [0.25, 0.3) is 0 Å². The van der Waals surface area contributed by atoms with Gasteiger partial charge in [0.25, 0.3) is 5.91 Å². The first-order valence-corrected chi connectivity index (χ1v) is 10.5. The summed E-state index contributed by atoms with van der Waals surface area (Å²) in [5.41, 5.74) is 4.82. The van der Waals surface area contributed by atoms with Gasteiger partial charge in [-0.05, 0) is 56.3 Å². The van der Waals surface area contributed by atoms with Gasteiger partial charge in [0.05, 0.1) is 21.9 Å². The molecule has 1 heterocycles. The maximum absolute atomic E-state index is 12.6. The standard InChI is InChI=1S/C19H18ClN3O5S/c1-19(2)10-29(27,28)23(18(19)26)15-9-12(5-8-14(15)20)17(25)22-13-6-3-11(4-7-13)16(21)24/h3-9H,10H2,1-2H3,(H2,21,24)(H,22,25). The highest BCUT2D eigenvalue weighted by Gasteiger charge is 2.50. The third-order valence-corrected chi connectivity index (χ3v) is 6.76. The van der Waals surface area contributed by atoms with E-state index in [-0.39, 0.29) is 27.6 Å². The Morgan fingerprint density at radius 3 is 2.21 bits per heavy atom. The lowest BCUT2D eigenvalue weighted by atomic mass is 9.95. The minimum atomic E-state index is -3.91. The van der Waals surface area contributed by atoms with E-state index in [1.54, 1.807) is 0 Å². The minimum absolute atomic E-state index is 0.0296. The van der Waals surface area contributed by atoms with Crippen molar-refractivity contribution in [2.75, 3.05) is 15.4 Å². The molecule has 10 heteroatoms. The molecule has 29 heavy (non-hydrogen) atoms. The molecular formula is C19H18ClN3O5S. The maximum atomic E-state index is 12.6. The number of anilines is 2. The Morgan fingerprint density at radius 2 is 1.69 bits per heavy atom. The van der Waals surface area contributed by atoms with E-state index in [2.05, 4.69) is 5.32 Å². The lowest BCUT2D eigenvalue weighted by Gasteiger charge is -2.19. The number of halogens is 1. The summed E-state index contributed by atoms with van der Waals surface area (Å²) in [5, 5.41) is 2.65. The Labute approximate surface area is 172 Å². The molecule has 0 aliphatic carbocycles. The van der Waals surface area contributed by atoms with Crippen LogP contribution < -0.4 is 15.4 Å². The van der Waals surface area contributed by atoms with E-state index >= 15 is 0 Å². The molecule has 1 aliphatic rings. The van der Waals surface area contributed by atoms with Crippen LogP contribution in [0.4, 0.5) is 11.4 Å². The summed E-state index contributed by atoms with van der Waals surface area (Å²) >= 11 is 6.14. The fraction of sp³-hybridized carbons (Fsp3) is 0.211. The Bertz CT molecular complexity index is 1130. The van der Waals surface area contributed by atoms with Crippen LogP contribution in [-0.2, 0) is 14.8 Å². The van der Waals surface area contributed by atoms with Gasteiger partial charge in [-0.15, -0.1) is 0 Å². The number of nitrogens with zero attached hydrogens (tertiary/aromatic N) is 1. The molecule has 1 fully saturated rings. The molecule has 0 spiro atoms. The molecule has 3 N–H and O–H groups in total. The largest absolute Gasteiger partial charge is 0.366 e. The molecule has 2 aromatic rings. The van der Waals surface area contributed by atoms with E-state index in [1.807, 2.05) is 0 Å². The van der Waals surface area contributed by atoms with Gasteiger partial charge in [0.15, 0.2) is 0 Å². The van der Waals surface area contributed by atoms with Gasteiger partial charge in [0.2, 0.25) is 21.8 Å². The number of hydrogen-bond donors (Lipinski definition) is 2. The van der Waals surface area contributed by atoms with Crippen molar-refractivity contribution in [1.82, 2.24) is 0 Å². The molecule has 0 bridgehead atoms. The van der Waals surface area contributed by atoms with E-state index in [0.717, 1.165) is 0 Å². The van der Waals surface area contributed by atoms with Crippen LogP contribution in [0.15, 0.2) is 42.5 Å². The van der Waals surface area contributed by atoms with Gasteiger partial charge in [-0.25, -0.2) is 12.7 Å². The van der Waals surface area contributed by atoms with Crippen LogP contribution in [0.2, 0.25) is 5.02 Å². The summed E-state index contributed by atoms with van der Waals surface area (Å²) in [7, 11) is -3.91. The van der Waals surface area contributed by atoms with Gasteiger partial charge in [0, 0.05) is 16.8 Å². The van der Waals surface area contributed by atoms with Gasteiger partial charge >= 0.3 is 0 Å². The van der Waals surface area contributed by atoms with Crippen LogP contribution in [0.3, 0.4) is 0 Å². The summed E-state index contributed by atoms with van der Waals surface area (Å²) in [6.45, 7) is 3.07. The highest BCUT2D eigenvalue weighted by Crippen LogP contribution is 2.39. The third-order valence-electron chi connectivity index (χ3n) is 4.44. The monoisotopic (exact) mass is 435 g/mol. The first-order valence-electron chi connectivity index (χ1n) is 8.50. The fourth-order valence-electron chi connectivity index (χ4n) is 2.97. The first kappa shape index (κ1) is 20.8. The summed E-state index contributed by atoms with van der Waals surface area (Å²) in [5.74, 6) is -2.10. The van der Waals surface area contributed by atoms with Gasteiger partial charge in [-0.3, -0.25) is 14.4 Å². The Hall–Kier alpha value is -2.91. The second-order valence-electron chi connectivity index (χ2n) is 7.27. The zero-order valence-electron chi connectivity index (χ0n) is 15.6. The second-order valence-corrected chi connectivity index (χ2v) is 9.50. The predicted octanol–water partition coefficient (Wildman–Crippen LogP) is 2.39. The van der Waals surface area contributed by atoms with Crippen LogP contribution in [0.1, 0.15) is 34.6 Å². The van der Waals surface area contributed by atoms with Crippen molar-refractivity contribution >= 4 is 50.7 Å².